The van der Waals surface area contributed by atoms with Gasteiger partial charge < -0.3 is 14.5 Å². The maximum Gasteiger partial charge on any atom is 0.411 e. The first-order chi connectivity index (χ1) is 15.1. The van der Waals surface area contributed by atoms with Crippen LogP contribution in [-0.2, 0) is 11.3 Å². The van der Waals surface area contributed by atoms with Gasteiger partial charge in [0.2, 0.25) is 0 Å². The number of ether oxygens (including phenoxy) is 1. The third-order valence-corrected chi connectivity index (χ3v) is 5.73. The zero-order valence-electron chi connectivity index (χ0n) is 17.8. The molecule has 0 radical (unpaired) electrons. The number of amides is 2. The van der Waals surface area contributed by atoms with E-state index in [1.807, 2.05) is 4.90 Å². The van der Waals surface area contributed by atoms with Crippen molar-refractivity contribution in [3.05, 3.63) is 77.9 Å². The Labute approximate surface area is 182 Å². The summed E-state index contributed by atoms with van der Waals surface area (Å²) in [7, 11) is 0. The van der Waals surface area contributed by atoms with E-state index < -0.39 is 6.09 Å². The Hall–Kier alpha value is -3.38. The Morgan fingerprint density at radius 3 is 2.42 bits per heavy atom. The second-order valence-corrected chi connectivity index (χ2v) is 7.78. The SMILES string of the molecule is CCOC(=O)Nc1ccc(C(=O)N2CC[NH+](Cc3cccc4ccccc34)CC2)cc1. The highest BCUT2D eigenvalue weighted by Gasteiger charge is 2.25. The minimum Gasteiger partial charge on any atom is -0.450 e. The number of hydrogen-bond donors (Lipinski definition) is 2. The van der Waals surface area contributed by atoms with Crippen LogP contribution in [-0.4, -0.2) is 49.7 Å². The number of carbonyl (C=O) groups excluding carboxylic acids is 2. The van der Waals surface area contributed by atoms with E-state index in [1.165, 1.54) is 21.2 Å². The normalized spacial score (nSPS) is 14.4. The van der Waals surface area contributed by atoms with Crippen LogP contribution < -0.4 is 10.2 Å². The molecule has 1 fully saturated rings. The lowest BCUT2D eigenvalue weighted by Gasteiger charge is -2.32. The largest absolute Gasteiger partial charge is 0.450 e. The molecule has 1 aliphatic rings. The molecule has 0 atom stereocenters. The van der Waals surface area contributed by atoms with E-state index in [0.29, 0.717) is 17.9 Å². The molecule has 160 valence electrons. The van der Waals surface area contributed by atoms with Gasteiger partial charge in [0, 0.05) is 16.8 Å². The van der Waals surface area contributed by atoms with Gasteiger partial charge in [-0.3, -0.25) is 10.1 Å². The lowest BCUT2D eigenvalue weighted by molar-refractivity contribution is -0.917. The Kier molecular flexibility index (Phi) is 6.48. The predicted octanol–water partition coefficient (Wildman–Crippen LogP) is 2.95. The van der Waals surface area contributed by atoms with Gasteiger partial charge in [-0.25, -0.2) is 4.79 Å². The number of nitrogens with one attached hydrogen (secondary N) is 2. The number of carbonyl (C=O) groups is 2. The summed E-state index contributed by atoms with van der Waals surface area (Å²) in [5.41, 5.74) is 2.60. The molecule has 6 nitrogen and oxygen atoms in total. The molecule has 2 amide bonds. The van der Waals surface area contributed by atoms with Gasteiger partial charge in [0.05, 0.1) is 32.8 Å². The highest BCUT2D eigenvalue weighted by molar-refractivity contribution is 5.95. The summed E-state index contributed by atoms with van der Waals surface area (Å²) in [5, 5.41) is 5.23. The van der Waals surface area contributed by atoms with Gasteiger partial charge in [-0.15, -0.1) is 0 Å². The smallest absolute Gasteiger partial charge is 0.411 e. The summed E-state index contributed by atoms with van der Waals surface area (Å²) >= 11 is 0. The van der Waals surface area contributed by atoms with Crippen molar-refractivity contribution in [3.8, 4) is 0 Å². The number of anilines is 1. The molecule has 1 saturated heterocycles. The summed E-state index contributed by atoms with van der Waals surface area (Å²) < 4.78 is 4.87. The fourth-order valence-corrected chi connectivity index (χ4v) is 4.08. The van der Waals surface area contributed by atoms with Gasteiger partial charge in [0.1, 0.15) is 6.54 Å². The second-order valence-electron chi connectivity index (χ2n) is 7.78. The van der Waals surface area contributed by atoms with Crippen molar-refractivity contribution in [1.29, 1.82) is 0 Å². The number of quaternary nitrogens is 1. The van der Waals surface area contributed by atoms with Gasteiger partial charge >= 0.3 is 6.09 Å². The first kappa shape index (κ1) is 20.9. The number of hydrogen-bond acceptors (Lipinski definition) is 3. The van der Waals surface area contributed by atoms with Gasteiger partial charge in [-0.2, -0.15) is 0 Å². The third kappa shape index (κ3) is 5.03. The van der Waals surface area contributed by atoms with E-state index in [2.05, 4.69) is 47.8 Å². The number of nitrogens with zero attached hydrogens (tertiary/aromatic N) is 1. The number of rotatable bonds is 5. The molecule has 6 heteroatoms. The molecule has 31 heavy (non-hydrogen) atoms. The molecule has 0 unspecified atom stereocenters. The molecule has 0 bridgehead atoms. The monoisotopic (exact) mass is 418 g/mol. The van der Waals surface area contributed by atoms with Crippen molar-refractivity contribution in [3.63, 3.8) is 0 Å². The van der Waals surface area contributed by atoms with E-state index in [0.717, 1.165) is 32.7 Å². The molecule has 1 heterocycles. The predicted molar refractivity (Wildman–Crippen MR) is 121 cm³/mol. The van der Waals surface area contributed by atoms with Crippen LogP contribution in [0, 0.1) is 0 Å². The fraction of sp³-hybridized carbons (Fsp3) is 0.280. The Bertz CT molecular complexity index is 1050. The molecule has 0 saturated carbocycles. The van der Waals surface area contributed by atoms with Crippen molar-refractivity contribution in [2.24, 2.45) is 0 Å². The Morgan fingerprint density at radius 2 is 1.68 bits per heavy atom. The average molecular weight is 419 g/mol. The van der Waals surface area contributed by atoms with Crippen LogP contribution in [0.3, 0.4) is 0 Å². The Morgan fingerprint density at radius 1 is 0.968 bits per heavy atom. The van der Waals surface area contributed by atoms with E-state index in [1.54, 1.807) is 31.2 Å². The van der Waals surface area contributed by atoms with E-state index in [9.17, 15) is 9.59 Å². The highest BCUT2D eigenvalue weighted by atomic mass is 16.5. The van der Waals surface area contributed by atoms with Crippen molar-refractivity contribution in [2.45, 2.75) is 13.5 Å². The summed E-state index contributed by atoms with van der Waals surface area (Å²) in [6.07, 6.45) is -0.494. The molecule has 0 spiro atoms. The standard InChI is InChI=1S/C25H27N3O3/c1-2-31-25(30)26-22-12-10-20(11-13-22)24(29)28-16-14-27(15-17-28)18-21-8-5-7-19-6-3-4-9-23(19)21/h3-13H,2,14-18H2,1H3,(H,26,30)/p+1. The zero-order chi connectivity index (χ0) is 21.6. The van der Waals surface area contributed by atoms with Gasteiger partial charge in [0.15, 0.2) is 0 Å². The van der Waals surface area contributed by atoms with Crippen LogP contribution in [0.15, 0.2) is 66.7 Å². The van der Waals surface area contributed by atoms with E-state index >= 15 is 0 Å². The van der Waals surface area contributed by atoms with Crippen LogP contribution in [0.25, 0.3) is 10.8 Å². The summed E-state index contributed by atoms with van der Waals surface area (Å²) in [6.45, 7) is 6.37. The summed E-state index contributed by atoms with van der Waals surface area (Å²) in [6, 6.07) is 21.9. The van der Waals surface area contributed by atoms with Gasteiger partial charge in [-0.05, 0) is 42.0 Å². The highest BCUT2D eigenvalue weighted by Crippen LogP contribution is 2.18. The lowest BCUT2D eigenvalue weighted by atomic mass is 10.0. The van der Waals surface area contributed by atoms with Crippen LogP contribution in [0.2, 0.25) is 0 Å². The molecule has 4 rings (SSSR count). The minimum atomic E-state index is -0.494. The van der Waals surface area contributed by atoms with Crippen molar-refractivity contribution in [1.82, 2.24) is 4.90 Å². The molecule has 3 aromatic rings. The maximum atomic E-state index is 12.9. The van der Waals surface area contributed by atoms with E-state index in [4.69, 9.17) is 4.74 Å². The Balaban J connectivity index is 1.33. The fourth-order valence-electron chi connectivity index (χ4n) is 4.08. The molecular formula is C25H28N3O3+. The van der Waals surface area contributed by atoms with Crippen molar-refractivity contribution in [2.75, 3.05) is 38.1 Å². The van der Waals surface area contributed by atoms with Crippen LogP contribution >= 0.6 is 0 Å². The van der Waals surface area contributed by atoms with Crippen LogP contribution in [0.4, 0.5) is 10.5 Å². The third-order valence-electron chi connectivity index (χ3n) is 5.73. The maximum absolute atomic E-state index is 12.9. The first-order valence-corrected chi connectivity index (χ1v) is 10.8. The molecular weight excluding hydrogens is 390 g/mol. The molecule has 3 aromatic carbocycles. The average Bonchev–Trinajstić information content (AvgIpc) is 2.80. The van der Waals surface area contributed by atoms with Crippen molar-refractivity contribution >= 4 is 28.5 Å². The lowest BCUT2D eigenvalue weighted by Crippen LogP contribution is -3.13. The minimum absolute atomic E-state index is 0.0342. The number of fused-ring (bicyclic) bond motifs is 1. The number of benzene rings is 3. The van der Waals surface area contributed by atoms with Crippen molar-refractivity contribution < 1.29 is 19.2 Å². The summed E-state index contributed by atoms with van der Waals surface area (Å²) in [4.78, 5) is 27.8. The molecule has 0 aromatic heterocycles. The second kappa shape index (κ2) is 9.62. The first-order valence-electron chi connectivity index (χ1n) is 10.8. The zero-order valence-corrected chi connectivity index (χ0v) is 17.8. The van der Waals surface area contributed by atoms with Gasteiger partial charge in [0.25, 0.3) is 5.91 Å². The number of piperazine rings is 1. The summed E-state index contributed by atoms with van der Waals surface area (Å²) in [5.74, 6) is 0.0342. The van der Waals surface area contributed by atoms with Gasteiger partial charge in [-0.1, -0.05) is 42.5 Å². The molecule has 1 aliphatic heterocycles. The molecule has 2 N–H and O–H groups in total. The van der Waals surface area contributed by atoms with Crippen LogP contribution in [0.1, 0.15) is 22.8 Å². The quantitative estimate of drug-likeness (QED) is 0.670. The van der Waals surface area contributed by atoms with Crippen LogP contribution in [0.5, 0.6) is 0 Å². The van der Waals surface area contributed by atoms with E-state index in [-0.39, 0.29) is 5.91 Å². The molecule has 0 aliphatic carbocycles. The topological polar surface area (TPSA) is 63.1 Å².